The Balaban J connectivity index is 2.91. The molecule has 0 aromatic carbocycles. The second-order valence-corrected chi connectivity index (χ2v) is 4.80. The third kappa shape index (κ3) is 1.51. The van der Waals surface area contributed by atoms with Crippen LogP contribution in [0, 0.1) is 0 Å². The molecular weight excluding hydrogens is 157 g/mol. The Bertz CT molecular complexity index is 191. The molecule has 3 heteroatoms. The van der Waals surface area contributed by atoms with Crippen LogP contribution in [0.15, 0.2) is 0 Å². The second-order valence-electron chi connectivity index (χ2n) is 4.80. The van der Waals surface area contributed by atoms with Crippen molar-refractivity contribution in [1.82, 2.24) is 5.12 Å². The minimum Gasteiger partial charge on any atom is -0.300 e. The molecule has 1 heterocycles. The molecular formula is C9H16FNO. The molecule has 0 radical (unpaired) electrons. The summed E-state index contributed by atoms with van der Waals surface area (Å²) in [5.74, 6) is 0.152. The van der Waals surface area contributed by atoms with E-state index in [0.29, 0.717) is 12.8 Å². The van der Waals surface area contributed by atoms with Crippen LogP contribution in [0.4, 0.5) is 4.48 Å². The van der Waals surface area contributed by atoms with Crippen LogP contribution in [-0.2, 0) is 4.79 Å². The highest BCUT2D eigenvalue weighted by molar-refractivity contribution is 5.81. The lowest BCUT2D eigenvalue weighted by Gasteiger charge is -2.45. The van der Waals surface area contributed by atoms with E-state index in [4.69, 9.17) is 0 Å². The summed E-state index contributed by atoms with van der Waals surface area (Å²) in [4.78, 5) is 11.2. The molecule has 1 fully saturated rings. The molecule has 0 unspecified atom stereocenters. The van der Waals surface area contributed by atoms with Crippen LogP contribution in [0.5, 0.6) is 0 Å². The predicted octanol–water partition coefficient (Wildman–Crippen LogP) is 2.09. The van der Waals surface area contributed by atoms with Gasteiger partial charge in [-0.05, 0) is 27.7 Å². The van der Waals surface area contributed by atoms with Crippen molar-refractivity contribution >= 4 is 5.78 Å². The monoisotopic (exact) mass is 173 g/mol. The van der Waals surface area contributed by atoms with E-state index in [1.165, 1.54) is 0 Å². The summed E-state index contributed by atoms with van der Waals surface area (Å²) in [6.45, 7) is 7.02. The number of rotatable bonds is 0. The largest absolute Gasteiger partial charge is 0.300 e. The van der Waals surface area contributed by atoms with Crippen molar-refractivity contribution in [3.05, 3.63) is 0 Å². The fourth-order valence-corrected chi connectivity index (χ4v) is 1.99. The lowest BCUT2D eigenvalue weighted by molar-refractivity contribution is -0.176. The van der Waals surface area contributed by atoms with E-state index in [1.54, 1.807) is 27.7 Å². The molecule has 0 spiro atoms. The van der Waals surface area contributed by atoms with Crippen molar-refractivity contribution < 1.29 is 9.28 Å². The normalized spacial score (nSPS) is 28.9. The van der Waals surface area contributed by atoms with Crippen molar-refractivity contribution in [3.63, 3.8) is 0 Å². The fourth-order valence-electron chi connectivity index (χ4n) is 1.99. The average molecular weight is 173 g/mol. The topological polar surface area (TPSA) is 20.3 Å². The van der Waals surface area contributed by atoms with E-state index in [-0.39, 0.29) is 5.78 Å². The van der Waals surface area contributed by atoms with Gasteiger partial charge in [0.15, 0.2) is 0 Å². The highest BCUT2D eigenvalue weighted by atomic mass is 19.2. The van der Waals surface area contributed by atoms with Crippen LogP contribution in [0.1, 0.15) is 40.5 Å². The molecule has 0 bridgehead atoms. The first-order chi connectivity index (χ1) is 5.26. The predicted molar refractivity (Wildman–Crippen MR) is 45.3 cm³/mol. The zero-order valence-electron chi connectivity index (χ0n) is 8.15. The standard InChI is InChI=1S/C9H16FNO/c1-8(2)5-7(12)6-9(3,4)11(8)10/h5-6H2,1-4H3. The molecule has 0 atom stereocenters. The molecule has 1 saturated heterocycles. The maximum Gasteiger partial charge on any atom is 0.136 e. The molecule has 0 N–H and O–H groups in total. The molecule has 2 nitrogen and oxygen atoms in total. The minimum atomic E-state index is -0.640. The van der Waals surface area contributed by atoms with E-state index in [0.717, 1.165) is 5.12 Å². The molecule has 0 aliphatic carbocycles. The van der Waals surface area contributed by atoms with Crippen LogP contribution in [0.25, 0.3) is 0 Å². The highest BCUT2D eigenvalue weighted by Crippen LogP contribution is 2.36. The number of halogens is 1. The van der Waals surface area contributed by atoms with Gasteiger partial charge in [0.1, 0.15) is 5.78 Å². The van der Waals surface area contributed by atoms with Gasteiger partial charge in [-0.3, -0.25) is 4.79 Å². The van der Waals surface area contributed by atoms with Crippen LogP contribution in [-0.4, -0.2) is 22.0 Å². The number of hydrogen-bond acceptors (Lipinski definition) is 2. The second kappa shape index (κ2) is 2.52. The number of hydrogen-bond donors (Lipinski definition) is 0. The van der Waals surface area contributed by atoms with Crippen molar-refractivity contribution in [1.29, 1.82) is 0 Å². The lowest BCUT2D eigenvalue weighted by atomic mass is 9.81. The SMILES string of the molecule is CC1(C)CC(=O)CC(C)(C)N1F. The molecule has 1 aliphatic heterocycles. The number of Topliss-reactive ketones (excluding diaryl/α,β-unsaturated/α-hetero) is 1. The summed E-state index contributed by atoms with van der Waals surface area (Å²) in [6, 6.07) is 0. The quantitative estimate of drug-likeness (QED) is 0.523. The Morgan fingerprint density at radius 2 is 1.50 bits per heavy atom. The molecule has 12 heavy (non-hydrogen) atoms. The van der Waals surface area contributed by atoms with E-state index < -0.39 is 11.1 Å². The van der Waals surface area contributed by atoms with Gasteiger partial charge in [-0.25, -0.2) is 0 Å². The van der Waals surface area contributed by atoms with Gasteiger partial charge < -0.3 is 0 Å². The third-order valence-electron chi connectivity index (χ3n) is 2.32. The summed E-state index contributed by atoms with van der Waals surface area (Å²) in [6.07, 6.45) is 0.625. The van der Waals surface area contributed by atoms with E-state index in [2.05, 4.69) is 0 Å². The van der Waals surface area contributed by atoms with Crippen molar-refractivity contribution in [3.8, 4) is 0 Å². The van der Waals surface area contributed by atoms with Crippen LogP contribution >= 0.6 is 0 Å². The summed E-state index contributed by atoms with van der Waals surface area (Å²) in [5, 5.41) is 0.807. The van der Waals surface area contributed by atoms with Crippen molar-refractivity contribution in [2.24, 2.45) is 0 Å². The maximum atomic E-state index is 13.6. The van der Waals surface area contributed by atoms with Gasteiger partial charge in [-0.15, -0.1) is 9.60 Å². The Labute approximate surface area is 72.7 Å². The summed E-state index contributed by atoms with van der Waals surface area (Å²) in [5.41, 5.74) is -1.28. The van der Waals surface area contributed by atoms with Gasteiger partial charge in [-0.2, -0.15) is 0 Å². The summed E-state index contributed by atoms with van der Waals surface area (Å²) in [7, 11) is 0. The van der Waals surface area contributed by atoms with E-state index in [9.17, 15) is 9.28 Å². The summed E-state index contributed by atoms with van der Waals surface area (Å²) >= 11 is 0. The first-order valence-corrected chi connectivity index (χ1v) is 4.23. The number of nitrogens with zero attached hydrogens (tertiary/aromatic N) is 1. The third-order valence-corrected chi connectivity index (χ3v) is 2.32. The van der Waals surface area contributed by atoms with Gasteiger partial charge in [0.05, 0.1) is 11.1 Å². The molecule has 70 valence electrons. The molecule has 1 rings (SSSR count). The van der Waals surface area contributed by atoms with Gasteiger partial charge in [0.25, 0.3) is 0 Å². The Kier molecular flexibility index (Phi) is 2.03. The molecule has 0 amide bonds. The number of piperidine rings is 1. The lowest BCUT2D eigenvalue weighted by Crippen LogP contribution is -2.56. The fraction of sp³-hybridized carbons (Fsp3) is 0.889. The smallest absolute Gasteiger partial charge is 0.136 e. The van der Waals surface area contributed by atoms with Crippen molar-refractivity contribution in [2.75, 3.05) is 0 Å². The average Bonchev–Trinajstić information content (AvgIpc) is 1.80. The first-order valence-electron chi connectivity index (χ1n) is 4.23. The Hall–Kier alpha value is -0.440. The van der Waals surface area contributed by atoms with Crippen molar-refractivity contribution in [2.45, 2.75) is 51.6 Å². The number of ketones is 1. The van der Waals surface area contributed by atoms with Gasteiger partial charge >= 0.3 is 0 Å². The summed E-state index contributed by atoms with van der Waals surface area (Å²) < 4.78 is 13.6. The Morgan fingerprint density at radius 1 is 1.17 bits per heavy atom. The molecule has 0 aromatic heterocycles. The van der Waals surface area contributed by atoms with Crippen LogP contribution < -0.4 is 0 Å². The Morgan fingerprint density at radius 3 is 1.83 bits per heavy atom. The van der Waals surface area contributed by atoms with Gasteiger partial charge in [-0.1, -0.05) is 0 Å². The van der Waals surface area contributed by atoms with Gasteiger partial charge in [0, 0.05) is 12.8 Å². The number of carbonyl (C=O) groups is 1. The first kappa shape index (κ1) is 9.65. The van der Waals surface area contributed by atoms with Gasteiger partial charge in [0.2, 0.25) is 0 Å². The molecule has 0 aromatic rings. The van der Waals surface area contributed by atoms with E-state index in [1.807, 2.05) is 0 Å². The maximum absolute atomic E-state index is 13.6. The van der Waals surface area contributed by atoms with E-state index >= 15 is 0 Å². The minimum absolute atomic E-state index is 0.152. The highest BCUT2D eigenvalue weighted by Gasteiger charge is 2.45. The zero-order valence-corrected chi connectivity index (χ0v) is 8.15. The van der Waals surface area contributed by atoms with Crippen LogP contribution in [0.3, 0.4) is 0 Å². The number of carbonyl (C=O) groups excluding carboxylic acids is 1. The molecule has 0 saturated carbocycles. The zero-order chi connectivity index (χ0) is 9.57. The van der Waals surface area contributed by atoms with Crippen LogP contribution in [0.2, 0.25) is 0 Å². The molecule has 1 aliphatic rings.